The highest BCUT2D eigenvalue weighted by Crippen LogP contribution is 2.29. The Balaban J connectivity index is 3.17. The van der Waals surface area contributed by atoms with Gasteiger partial charge in [0.15, 0.2) is 0 Å². The number of alkyl halides is 1. The molecule has 1 unspecified atom stereocenters. The molecule has 1 aromatic rings. The van der Waals surface area contributed by atoms with E-state index in [0.29, 0.717) is 0 Å². The van der Waals surface area contributed by atoms with Crippen LogP contribution in [-0.4, -0.2) is 14.2 Å². The molecular weight excluding hydrogens is 242 g/mol. The van der Waals surface area contributed by atoms with Gasteiger partial charge in [-0.2, -0.15) is 0 Å². The Morgan fingerprint density at radius 3 is 2.43 bits per heavy atom. The topological polar surface area (TPSA) is 21.3 Å². The van der Waals surface area contributed by atoms with Gasteiger partial charge in [-0.3, -0.25) is 0 Å². The Kier molecular flexibility index (Phi) is 3.96. The number of halogens is 1. The van der Waals surface area contributed by atoms with Gasteiger partial charge >= 0.3 is 0 Å². The van der Waals surface area contributed by atoms with Crippen molar-refractivity contribution >= 4 is 15.9 Å². The molecule has 0 aliphatic rings. The molecule has 0 aliphatic carbocycles. The van der Waals surface area contributed by atoms with Crippen LogP contribution < -0.4 is 10.1 Å². The summed E-state index contributed by atoms with van der Waals surface area (Å²) >= 11 is 3.56. The van der Waals surface area contributed by atoms with E-state index >= 15 is 0 Å². The maximum Gasteiger partial charge on any atom is 0.122 e. The van der Waals surface area contributed by atoms with E-state index in [9.17, 15) is 0 Å². The van der Waals surface area contributed by atoms with Gasteiger partial charge in [-0.15, -0.1) is 0 Å². The zero-order valence-corrected chi connectivity index (χ0v) is 10.6. The van der Waals surface area contributed by atoms with Crippen LogP contribution >= 0.6 is 15.9 Å². The first kappa shape index (κ1) is 11.5. The molecule has 0 saturated carbocycles. The average Bonchev–Trinajstić information content (AvgIpc) is 2.21. The second-order valence-electron chi connectivity index (χ2n) is 3.26. The van der Waals surface area contributed by atoms with E-state index in [0.717, 1.165) is 5.75 Å². The molecule has 1 atom stereocenters. The van der Waals surface area contributed by atoms with Gasteiger partial charge in [0.1, 0.15) is 5.75 Å². The van der Waals surface area contributed by atoms with Crippen molar-refractivity contribution in [2.75, 3.05) is 14.2 Å². The molecule has 0 saturated heterocycles. The second-order valence-corrected chi connectivity index (χ2v) is 4.17. The van der Waals surface area contributed by atoms with E-state index in [-0.39, 0.29) is 4.95 Å². The van der Waals surface area contributed by atoms with Gasteiger partial charge in [-0.25, -0.2) is 0 Å². The third kappa shape index (κ3) is 2.10. The summed E-state index contributed by atoms with van der Waals surface area (Å²) in [4.78, 5) is 0.201. The Labute approximate surface area is 93.8 Å². The first-order valence-corrected chi connectivity index (χ1v) is 5.48. The summed E-state index contributed by atoms with van der Waals surface area (Å²) in [5, 5.41) is 3.16. The zero-order valence-electron chi connectivity index (χ0n) is 9.02. The zero-order chi connectivity index (χ0) is 10.7. The third-order valence-corrected chi connectivity index (χ3v) is 3.48. The van der Waals surface area contributed by atoms with Crippen molar-refractivity contribution < 1.29 is 4.74 Å². The maximum atomic E-state index is 5.26. The summed E-state index contributed by atoms with van der Waals surface area (Å²) in [7, 11) is 3.63. The molecular formula is C11H16BrNO. The van der Waals surface area contributed by atoms with Crippen molar-refractivity contribution in [2.45, 2.75) is 18.8 Å². The van der Waals surface area contributed by atoms with Crippen LogP contribution in [0.15, 0.2) is 12.1 Å². The predicted molar refractivity (Wildman–Crippen MR) is 63.2 cm³/mol. The summed E-state index contributed by atoms with van der Waals surface area (Å²) in [5.41, 5.74) is 3.72. The largest absolute Gasteiger partial charge is 0.496 e. The van der Waals surface area contributed by atoms with Crippen molar-refractivity contribution in [1.82, 2.24) is 5.32 Å². The van der Waals surface area contributed by atoms with Gasteiger partial charge in [0.2, 0.25) is 0 Å². The lowest BCUT2D eigenvalue weighted by atomic mass is 10.0. The first-order valence-electron chi connectivity index (χ1n) is 4.57. The lowest BCUT2D eigenvalue weighted by molar-refractivity contribution is 0.411. The van der Waals surface area contributed by atoms with Crippen LogP contribution in [0.5, 0.6) is 5.75 Å². The van der Waals surface area contributed by atoms with Crippen molar-refractivity contribution in [1.29, 1.82) is 0 Å². The third-order valence-electron chi connectivity index (χ3n) is 2.53. The van der Waals surface area contributed by atoms with Gasteiger partial charge in [0.05, 0.1) is 12.1 Å². The van der Waals surface area contributed by atoms with Crippen LogP contribution in [0.2, 0.25) is 0 Å². The molecule has 1 aromatic carbocycles. The maximum absolute atomic E-state index is 5.26. The number of hydrogen-bond donors (Lipinski definition) is 1. The Morgan fingerprint density at radius 2 is 1.93 bits per heavy atom. The molecule has 0 fully saturated rings. The Bertz CT molecular complexity index is 325. The molecule has 14 heavy (non-hydrogen) atoms. The van der Waals surface area contributed by atoms with Crippen LogP contribution in [0.1, 0.15) is 21.6 Å². The van der Waals surface area contributed by atoms with E-state index in [4.69, 9.17) is 4.74 Å². The molecule has 0 aromatic heterocycles. The van der Waals surface area contributed by atoms with Gasteiger partial charge in [0, 0.05) is 0 Å². The smallest absolute Gasteiger partial charge is 0.122 e. The second kappa shape index (κ2) is 4.80. The van der Waals surface area contributed by atoms with Gasteiger partial charge in [0.25, 0.3) is 0 Å². The molecule has 78 valence electrons. The summed E-state index contributed by atoms with van der Waals surface area (Å²) in [6.45, 7) is 4.19. The molecule has 0 bridgehead atoms. The fraction of sp³-hybridized carbons (Fsp3) is 0.455. The van der Waals surface area contributed by atoms with Gasteiger partial charge in [-0.1, -0.05) is 22.0 Å². The van der Waals surface area contributed by atoms with Gasteiger partial charge < -0.3 is 10.1 Å². The number of hydrogen-bond acceptors (Lipinski definition) is 2. The SMILES string of the molecule is CNC(Br)c1ccc(OC)c(C)c1C. The van der Waals surface area contributed by atoms with Crippen LogP contribution in [0.25, 0.3) is 0 Å². The molecule has 0 radical (unpaired) electrons. The number of rotatable bonds is 3. The minimum Gasteiger partial charge on any atom is -0.496 e. The summed E-state index contributed by atoms with van der Waals surface area (Å²) < 4.78 is 5.26. The number of nitrogens with one attached hydrogen (secondary N) is 1. The molecule has 0 amide bonds. The number of ether oxygens (including phenoxy) is 1. The van der Waals surface area contributed by atoms with E-state index in [1.54, 1.807) is 7.11 Å². The van der Waals surface area contributed by atoms with Crippen LogP contribution in [0.4, 0.5) is 0 Å². The minimum atomic E-state index is 0.201. The van der Waals surface area contributed by atoms with E-state index in [2.05, 4.69) is 41.2 Å². The van der Waals surface area contributed by atoms with E-state index in [1.807, 2.05) is 13.1 Å². The molecule has 2 nitrogen and oxygen atoms in total. The lowest BCUT2D eigenvalue weighted by Gasteiger charge is -2.16. The quantitative estimate of drug-likeness (QED) is 0.664. The molecule has 1 N–H and O–H groups in total. The van der Waals surface area contributed by atoms with Crippen molar-refractivity contribution in [2.24, 2.45) is 0 Å². The fourth-order valence-electron chi connectivity index (χ4n) is 1.47. The lowest BCUT2D eigenvalue weighted by Crippen LogP contribution is -2.11. The van der Waals surface area contributed by atoms with Crippen LogP contribution in [0, 0.1) is 13.8 Å². The van der Waals surface area contributed by atoms with Crippen LogP contribution in [-0.2, 0) is 0 Å². The van der Waals surface area contributed by atoms with Gasteiger partial charge in [-0.05, 0) is 43.7 Å². The average molecular weight is 258 g/mol. The normalized spacial score (nSPS) is 12.6. The molecule has 0 spiro atoms. The number of methoxy groups -OCH3 is 1. The standard InChI is InChI=1S/C11H16BrNO/c1-7-8(2)10(14-4)6-5-9(7)11(12)13-3/h5-6,11,13H,1-4H3. The monoisotopic (exact) mass is 257 g/mol. The van der Waals surface area contributed by atoms with E-state index < -0.39 is 0 Å². The minimum absolute atomic E-state index is 0.201. The number of benzene rings is 1. The summed E-state index contributed by atoms with van der Waals surface area (Å²) in [6, 6.07) is 4.08. The molecule has 0 heterocycles. The highest BCUT2D eigenvalue weighted by molar-refractivity contribution is 9.09. The predicted octanol–water partition coefficient (Wildman–Crippen LogP) is 2.92. The molecule has 3 heteroatoms. The molecule has 1 rings (SSSR count). The fourth-order valence-corrected chi connectivity index (χ4v) is 1.96. The highest BCUT2D eigenvalue weighted by Gasteiger charge is 2.11. The summed E-state index contributed by atoms with van der Waals surface area (Å²) in [5.74, 6) is 0.946. The first-order chi connectivity index (χ1) is 6.61. The summed E-state index contributed by atoms with van der Waals surface area (Å²) in [6.07, 6.45) is 0. The van der Waals surface area contributed by atoms with Crippen LogP contribution in [0.3, 0.4) is 0 Å². The van der Waals surface area contributed by atoms with Crippen molar-refractivity contribution in [3.05, 3.63) is 28.8 Å². The van der Waals surface area contributed by atoms with Crippen molar-refractivity contribution in [3.8, 4) is 5.75 Å². The van der Waals surface area contributed by atoms with Crippen molar-refractivity contribution in [3.63, 3.8) is 0 Å². The molecule has 0 aliphatic heterocycles. The van der Waals surface area contributed by atoms with E-state index in [1.165, 1.54) is 16.7 Å². The Morgan fingerprint density at radius 1 is 1.29 bits per heavy atom. The Hall–Kier alpha value is -0.540. The highest BCUT2D eigenvalue weighted by atomic mass is 79.9.